The Balaban J connectivity index is 1.81. The van der Waals surface area contributed by atoms with Crippen molar-refractivity contribution in [3.8, 4) is 5.69 Å². The fourth-order valence-electron chi connectivity index (χ4n) is 2.77. The Bertz CT molecular complexity index is 744. The first-order valence-electron chi connectivity index (χ1n) is 7.37. The summed E-state index contributed by atoms with van der Waals surface area (Å²) < 4.78 is 2.53. The van der Waals surface area contributed by atoms with E-state index in [4.69, 9.17) is 5.11 Å². The Morgan fingerprint density at radius 1 is 1.35 bits per heavy atom. The van der Waals surface area contributed by atoms with Crippen LogP contribution in [0.4, 0.5) is 0 Å². The number of nitrogens with zero attached hydrogens (tertiary/aromatic N) is 3. The van der Waals surface area contributed by atoms with Gasteiger partial charge in [-0.1, -0.05) is 6.07 Å². The van der Waals surface area contributed by atoms with Crippen molar-refractivity contribution in [3.05, 3.63) is 46.7 Å². The molecule has 0 bridgehead atoms. The number of carbonyl (C=O) groups is 2. The minimum atomic E-state index is -0.836. The Morgan fingerprint density at radius 2 is 2.17 bits per heavy atom. The van der Waals surface area contributed by atoms with E-state index in [1.807, 2.05) is 12.3 Å². The number of hydrogen-bond donors (Lipinski definition) is 1. The van der Waals surface area contributed by atoms with Gasteiger partial charge in [-0.2, -0.15) is 5.10 Å². The van der Waals surface area contributed by atoms with Gasteiger partial charge in [0.25, 0.3) is 5.91 Å². The number of carboxylic acid groups (broad SMARTS) is 1. The molecule has 1 amide bonds. The average molecular weight is 378 g/mol. The summed E-state index contributed by atoms with van der Waals surface area (Å²) in [6.45, 7) is 0.867. The molecule has 1 N–H and O–H groups in total. The van der Waals surface area contributed by atoms with E-state index in [-0.39, 0.29) is 12.5 Å². The van der Waals surface area contributed by atoms with Crippen LogP contribution in [0.25, 0.3) is 5.69 Å². The molecule has 6 nitrogen and oxygen atoms in total. The van der Waals surface area contributed by atoms with Gasteiger partial charge >= 0.3 is 5.97 Å². The molecular weight excluding hydrogens is 362 g/mol. The van der Waals surface area contributed by atoms with Crippen molar-refractivity contribution in [2.75, 3.05) is 13.1 Å². The zero-order valence-electron chi connectivity index (χ0n) is 12.4. The molecule has 2 heterocycles. The number of likely N-dealkylation sites (tertiary alicyclic amines) is 1. The molecule has 0 radical (unpaired) electrons. The van der Waals surface area contributed by atoms with Crippen molar-refractivity contribution in [1.82, 2.24) is 14.7 Å². The number of rotatable bonds is 3. The number of amides is 1. The van der Waals surface area contributed by atoms with E-state index in [0.717, 1.165) is 10.2 Å². The van der Waals surface area contributed by atoms with Crippen LogP contribution in [0.15, 0.2) is 41.1 Å². The van der Waals surface area contributed by atoms with Gasteiger partial charge in [-0.25, -0.2) is 4.68 Å². The van der Waals surface area contributed by atoms with E-state index >= 15 is 0 Å². The minimum absolute atomic E-state index is 0.135. The summed E-state index contributed by atoms with van der Waals surface area (Å²) in [7, 11) is 0. The zero-order valence-corrected chi connectivity index (χ0v) is 13.9. The van der Waals surface area contributed by atoms with Gasteiger partial charge in [0.05, 0.1) is 22.3 Å². The molecule has 120 valence electrons. The van der Waals surface area contributed by atoms with Crippen molar-refractivity contribution in [3.63, 3.8) is 0 Å². The summed E-state index contributed by atoms with van der Waals surface area (Å²) in [5.74, 6) is -1.44. The van der Waals surface area contributed by atoms with Gasteiger partial charge < -0.3 is 10.0 Å². The van der Waals surface area contributed by atoms with E-state index in [2.05, 4.69) is 21.0 Å². The first-order valence-corrected chi connectivity index (χ1v) is 8.16. The Morgan fingerprint density at radius 3 is 2.87 bits per heavy atom. The fraction of sp³-hybridized carbons (Fsp3) is 0.312. The second-order valence-corrected chi connectivity index (χ2v) is 6.50. The van der Waals surface area contributed by atoms with Crippen LogP contribution in [0, 0.1) is 5.92 Å². The second-order valence-electron chi connectivity index (χ2n) is 5.58. The van der Waals surface area contributed by atoms with Crippen LogP contribution >= 0.6 is 15.9 Å². The molecule has 1 fully saturated rings. The molecule has 1 atom stereocenters. The van der Waals surface area contributed by atoms with Crippen LogP contribution < -0.4 is 0 Å². The highest BCUT2D eigenvalue weighted by molar-refractivity contribution is 9.10. The number of hydrogen-bond acceptors (Lipinski definition) is 3. The molecule has 1 aliphatic rings. The minimum Gasteiger partial charge on any atom is -0.481 e. The van der Waals surface area contributed by atoms with Gasteiger partial charge in [-0.15, -0.1) is 0 Å². The number of aromatic nitrogens is 2. The van der Waals surface area contributed by atoms with Crippen molar-refractivity contribution < 1.29 is 14.7 Å². The van der Waals surface area contributed by atoms with E-state index in [1.54, 1.807) is 34.0 Å². The molecule has 1 aromatic heterocycles. The summed E-state index contributed by atoms with van der Waals surface area (Å²) in [6, 6.07) is 7.18. The standard InChI is InChI=1S/C16H16BrN3O3/c17-13-8-18-20(10-13)14-5-1-3-11(7-14)15(21)19-6-2-4-12(9-19)16(22)23/h1,3,5,7-8,10,12H,2,4,6,9H2,(H,22,23). The van der Waals surface area contributed by atoms with Crippen molar-refractivity contribution in [1.29, 1.82) is 0 Å². The number of aliphatic carboxylic acids is 1. The third-order valence-electron chi connectivity index (χ3n) is 3.97. The Labute approximate surface area is 141 Å². The predicted molar refractivity (Wildman–Crippen MR) is 87.5 cm³/mol. The zero-order chi connectivity index (χ0) is 16.4. The van der Waals surface area contributed by atoms with Crippen molar-refractivity contribution in [2.45, 2.75) is 12.8 Å². The van der Waals surface area contributed by atoms with Gasteiger partial charge in [0, 0.05) is 24.8 Å². The van der Waals surface area contributed by atoms with Gasteiger partial charge in [-0.05, 0) is 47.0 Å². The second kappa shape index (κ2) is 6.54. The smallest absolute Gasteiger partial charge is 0.308 e. The van der Waals surface area contributed by atoms with E-state index in [1.165, 1.54) is 0 Å². The average Bonchev–Trinajstić information content (AvgIpc) is 3.01. The van der Waals surface area contributed by atoms with Crippen LogP contribution in [-0.2, 0) is 4.79 Å². The lowest BCUT2D eigenvalue weighted by Gasteiger charge is -2.30. The molecule has 23 heavy (non-hydrogen) atoms. The third-order valence-corrected chi connectivity index (χ3v) is 4.38. The fourth-order valence-corrected chi connectivity index (χ4v) is 3.05. The molecule has 1 aromatic carbocycles. The maximum absolute atomic E-state index is 12.7. The van der Waals surface area contributed by atoms with Crippen LogP contribution in [0.3, 0.4) is 0 Å². The maximum atomic E-state index is 12.7. The monoisotopic (exact) mass is 377 g/mol. The number of carboxylic acids is 1. The quantitative estimate of drug-likeness (QED) is 0.891. The van der Waals surface area contributed by atoms with Gasteiger partial charge in [0.15, 0.2) is 0 Å². The molecule has 0 aliphatic carbocycles. The summed E-state index contributed by atoms with van der Waals surface area (Å²) in [5, 5.41) is 13.4. The number of halogens is 1. The highest BCUT2D eigenvalue weighted by Crippen LogP contribution is 2.20. The summed E-state index contributed by atoms with van der Waals surface area (Å²) in [6.07, 6.45) is 4.83. The van der Waals surface area contributed by atoms with Crippen LogP contribution in [0.5, 0.6) is 0 Å². The molecule has 0 spiro atoms. The molecular formula is C16H16BrN3O3. The topological polar surface area (TPSA) is 75.4 Å². The number of piperidine rings is 1. The molecule has 0 saturated carbocycles. The van der Waals surface area contributed by atoms with Crippen LogP contribution in [-0.4, -0.2) is 44.8 Å². The Kier molecular flexibility index (Phi) is 4.47. The summed E-state index contributed by atoms with van der Waals surface area (Å²) >= 11 is 3.35. The Hall–Kier alpha value is -2.15. The highest BCUT2D eigenvalue weighted by atomic mass is 79.9. The van der Waals surface area contributed by atoms with Crippen molar-refractivity contribution in [2.24, 2.45) is 5.92 Å². The lowest BCUT2D eigenvalue weighted by Crippen LogP contribution is -2.42. The van der Waals surface area contributed by atoms with Crippen LogP contribution in [0.2, 0.25) is 0 Å². The lowest BCUT2D eigenvalue weighted by molar-refractivity contribution is -0.143. The number of benzene rings is 1. The summed E-state index contributed by atoms with van der Waals surface area (Å²) in [4.78, 5) is 25.4. The maximum Gasteiger partial charge on any atom is 0.308 e. The van der Waals surface area contributed by atoms with Gasteiger partial charge in [-0.3, -0.25) is 9.59 Å². The lowest BCUT2D eigenvalue weighted by atomic mass is 9.97. The van der Waals surface area contributed by atoms with Gasteiger partial charge in [0.2, 0.25) is 0 Å². The first-order chi connectivity index (χ1) is 11.0. The van der Waals surface area contributed by atoms with E-state index < -0.39 is 11.9 Å². The summed E-state index contributed by atoms with van der Waals surface area (Å²) in [5.41, 5.74) is 1.33. The molecule has 1 saturated heterocycles. The SMILES string of the molecule is O=C(O)C1CCCN(C(=O)c2cccc(-n3cc(Br)cn3)c2)C1. The molecule has 7 heteroatoms. The molecule has 1 unspecified atom stereocenters. The number of carbonyl (C=O) groups excluding carboxylic acids is 1. The highest BCUT2D eigenvalue weighted by Gasteiger charge is 2.28. The van der Waals surface area contributed by atoms with E-state index in [9.17, 15) is 9.59 Å². The van der Waals surface area contributed by atoms with Gasteiger partial charge in [0.1, 0.15) is 0 Å². The van der Waals surface area contributed by atoms with Crippen molar-refractivity contribution >= 4 is 27.8 Å². The normalized spacial score (nSPS) is 18.0. The molecule has 2 aromatic rings. The van der Waals surface area contributed by atoms with Crippen LogP contribution in [0.1, 0.15) is 23.2 Å². The van der Waals surface area contributed by atoms with E-state index in [0.29, 0.717) is 24.9 Å². The third kappa shape index (κ3) is 3.44. The largest absolute Gasteiger partial charge is 0.481 e. The molecule has 3 rings (SSSR count). The first kappa shape index (κ1) is 15.7. The molecule has 1 aliphatic heterocycles. The predicted octanol–water partition coefficient (Wildman–Crippen LogP) is 2.57.